The maximum absolute atomic E-state index is 11.7. The molecular formula is C12H23NaO17. The standard InChI is InChI=1S/C12H14O13.Na.4H2O.H/c13-5(14)1-11(24,9(20)21)4-8(19)25-12(10(22)23,2-6(15)16)3-7(17)18;;;;;;/h24H,1-4H2,(H,13,14)(H,15,16)(H,17,18)(H,20,21)(H,22,23);;4*1H2;/q;+1;;;;;-1. The number of rotatable bonds is 11. The summed E-state index contributed by atoms with van der Waals surface area (Å²) in [4.78, 5) is 66.0. The van der Waals surface area contributed by atoms with Gasteiger partial charge in [0.25, 0.3) is 0 Å². The van der Waals surface area contributed by atoms with Gasteiger partial charge in [-0.2, -0.15) is 0 Å². The minimum Gasteiger partial charge on any atom is -1.00 e. The largest absolute Gasteiger partial charge is 1.00 e. The van der Waals surface area contributed by atoms with E-state index in [-0.39, 0.29) is 52.9 Å². The Bertz CT molecular complexity index is 606. The van der Waals surface area contributed by atoms with Crippen LogP contribution in [0.5, 0.6) is 0 Å². The maximum Gasteiger partial charge on any atom is 1.00 e. The van der Waals surface area contributed by atoms with Gasteiger partial charge in [-0.3, -0.25) is 19.2 Å². The predicted molar refractivity (Wildman–Crippen MR) is 86.0 cm³/mol. The molecule has 0 spiro atoms. The summed E-state index contributed by atoms with van der Waals surface area (Å²) in [5, 5.41) is 53.5. The van der Waals surface area contributed by atoms with Gasteiger partial charge in [0, 0.05) is 0 Å². The number of aliphatic hydroxyl groups is 1. The van der Waals surface area contributed by atoms with Crippen LogP contribution in [0.25, 0.3) is 0 Å². The van der Waals surface area contributed by atoms with Crippen LogP contribution < -0.4 is 29.6 Å². The van der Waals surface area contributed by atoms with Crippen LogP contribution in [0.1, 0.15) is 27.1 Å². The molecule has 0 aromatic carbocycles. The van der Waals surface area contributed by atoms with Crippen molar-refractivity contribution in [1.29, 1.82) is 0 Å². The summed E-state index contributed by atoms with van der Waals surface area (Å²) in [7, 11) is 0. The zero-order valence-corrected chi connectivity index (χ0v) is 17.4. The van der Waals surface area contributed by atoms with Gasteiger partial charge in [0.05, 0.1) is 25.7 Å². The van der Waals surface area contributed by atoms with Crippen LogP contribution in [0.3, 0.4) is 0 Å². The molecular weight excluding hydrogens is 439 g/mol. The van der Waals surface area contributed by atoms with Gasteiger partial charge in [0.15, 0.2) is 5.60 Å². The molecule has 0 heterocycles. The number of carbonyl (C=O) groups excluding carboxylic acids is 1. The molecule has 18 heteroatoms. The van der Waals surface area contributed by atoms with Crippen molar-refractivity contribution in [3.8, 4) is 0 Å². The molecule has 0 aliphatic heterocycles. The van der Waals surface area contributed by atoms with E-state index in [4.69, 9.17) is 25.5 Å². The van der Waals surface area contributed by atoms with Crippen LogP contribution in [0.2, 0.25) is 0 Å². The number of carboxylic acid groups (broad SMARTS) is 5. The Hall–Kier alpha value is -2.38. The first-order valence-electron chi connectivity index (χ1n) is 6.30. The van der Waals surface area contributed by atoms with Crippen molar-refractivity contribution in [2.45, 2.75) is 36.9 Å². The quantitative estimate of drug-likeness (QED) is 0.123. The average Bonchev–Trinajstić information content (AvgIpc) is 2.34. The van der Waals surface area contributed by atoms with E-state index in [1.807, 2.05) is 0 Å². The van der Waals surface area contributed by atoms with Gasteiger partial charge < -0.3 is 58.7 Å². The fraction of sp³-hybridized carbons (Fsp3) is 0.500. The Morgan fingerprint density at radius 2 is 0.967 bits per heavy atom. The molecule has 0 aliphatic rings. The zero-order chi connectivity index (χ0) is 20.0. The van der Waals surface area contributed by atoms with Gasteiger partial charge in [0.2, 0.25) is 5.60 Å². The Labute approximate surface area is 189 Å². The normalized spacial score (nSPS) is 11.1. The molecule has 0 fully saturated rings. The molecule has 174 valence electrons. The minimum atomic E-state index is -3.17. The first kappa shape index (κ1) is 41.9. The summed E-state index contributed by atoms with van der Waals surface area (Å²) in [6.45, 7) is 0. The first-order valence-corrected chi connectivity index (χ1v) is 6.30. The van der Waals surface area contributed by atoms with Gasteiger partial charge >= 0.3 is 65.4 Å². The molecule has 0 bridgehead atoms. The minimum absolute atomic E-state index is 0. The molecule has 1 unspecified atom stereocenters. The van der Waals surface area contributed by atoms with Crippen LogP contribution in [0.15, 0.2) is 0 Å². The van der Waals surface area contributed by atoms with Crippen molar-refractivity contribution in [3.63, 3.8) is 0 Å². The van der Waals surface area contributed by atoms with Gasteiger partial charge in [-0.1, -0.05) is 0 Å². The first-order chi connectivity index (χ1) is 11.2. The zero-order valence-electron chi connectivity index (χ0n) is 16.4. The van der Waals surface area contributed by atoms with Gasteiger partial charge in [-0.25, -0.2) is 9.59 Å². The number of hydrogen-bond donors (Lipinski definition) is 6. The third-order valence-electron chi connectivity index (χ3n) is 2.85. The van der Waals surface area contributed by atoms with E-state index < -0.39 is 72.7 Å². The SMILES string of the molecule is O.O.O.O.O=C(O)CC(O)(CC(=O)OC(CC(=O)O)(CC(=O)O)C(=O)O)C(=O)O.[H-].[Na+]. The summed E-state index contributed by atoms with van der Waals surface area (Å²) in [5.74, 6) is -11.6. The number of carbonyl (C=O) groups is 6. The number of ether oxygens (including phenoxy) is 1. The summed E-state index contributed by atoms with van der Waals surface area (Å²) in [6, 6.07) is 0. The molecule has 0 aromatic heterocycles. The van der Waals surface area contributed by atoms with Gasteiger partial charge in [-0.05, 0) is 0 Å². The third kappa shape index (κ3) is 13.0. The van der Waals surface area contributed by atoms with Crippen molar-refractivity contribution in [2.24, 2.45) is 0 Å². The summed E-state index contributed by atoms with van der Waals surface area (Å²) in [5.41, 5.74) is -6.24. The van der Waals surface area contributed by atoms with Crippen molar-refractivity contribution in [3.05, 3.63) is 0 Å². The van der Waals surface area contributed by atoms with E-state index in [0.717, 1.165) is 0 Å². The molecule has 0 amide bonds. The Morgan fingerprint density at radius 3 is 1.20 bits per heavy atom. The fourth-order valence-corrected chi connectivity index (χ4v) is 1.77. The van der Waals surface area contributed by atoms with Crippen LogP contribution in [-0.2, 0) is 33.5 Å². The van der Waals surface area contributed by atoms with Crippen molar-refractivity contribution >= 4 is 35.8 Å². The second-order valence-electron chi connectivity index (χ2n) is 5.00. The van der Waals surface area contributed by atoms with Crippen LogP contribution >= 0.6 is 0 Å². The van der Waals surface area contributed by atoms with Crippen LogP contribution in [-0.4, -0.2) is 99.6 Å². The van der Waals surface area contributed by atoms with E-state index in [2.05, 4.69) is 4.74 Å². The molecule has 0 aliphatic carbocycles. The predicted octanol–water partition coefficient (Wildman–Crippen LogP) is -8.20. The van der Waals surface area contributed by atoms with E-state index in [0.29, 0.717) is 0 Å². The second kappa shape index (κ2) is 16.4. The topological polar surface area (TPSA) is 359 Å². The molecule has 0 rings (SSSR count). The average molecular weight is 462 g/mol. The van der Waals surface area contributed by atoms with E-state index in [1.165, 1.54) is 0 Å². The fourth-order valence-electron chi connectivity index (χ4n) is 1.77. The third-order valence-corrected chi connectivity index (χ3v) is 2.85. The molecule has 14 N–H and O–H groups in total. The van der Waals surface area contributed by atoms with E-state index in [9.17, 15) is 33.9 Å². The van der Waals surface area contributed by atoms with Crippen molar-refractivity contribution in [1.82, 2.24) is 0 Å². The summed E-state index contributed by atoms with van der Waals surface area (Å²) in [6.07, 6.45) is -5.94. The van der Waals surface area contributed by atoms with Crippen molar-refractivity contribution in [2.75, 3.05) is 0 Å². The number of hydrogen-bond acceptors (Lipinski definition) is 8. The molecule has 0 aromatic rings. The molecule has 17 nitrogen and oxygen atoms in total. The van der Waals surface area contributed by atoms with Gasteiger partial charge in [-0.15, -0.1) is 0 Å². The Morgan fingerprint density at radius 1 is 0.633 bits per heavy atom. The summed E-state index contributed by atoms with van der Waals surface area (Å²) < 4.78 is 4.33. The van der Waals surface area contributed by atoms with Crippen LogP contribution in [0, 0.1) is 0 Å². The van der Waals surface area contributed by atoms with E-state index in [1.54, 1.807) is 0 Å². The van der Waals surface area contributed by atoms with Gasteiger partial charge in [0.1, 0.15) is 0 Å². The Balaban J connectivity index is -0.000000192. The smallest absolute Gasteiger partial charge is 1.00 e. The monoisotopic (exact) mass is 462 g/mol. The molecule has 30 heavy (non-hydrogen) atoms. The Kier molecular flexibility index (Phi) is 22.9. The second-order valence-corrected chi connectivity index (χ2v) is 5.00. The van der Waals surface area contributed by atoms with Crippen LogP contribution in [0.4, 0.5) is 0 Å². The van der Waals surface area contributed by atoms with Crippen molar-refractivity contribution < 1.29 is 117 Å². The van der Waals surface area contributed by atoms with E-state index >= 15 is 0 Å². The molecule has 1 atom stereocenters. The molecule has 0 saturated heterocycles. The summed E-state index contributed by atoms with van der Waals surface area (Å²) >= 11 is 0. The number of carboxylic acids is 5. The number of esters is 1. The molecule has 0 saturated carbocycles. The maximum atomic E-state index is 11.7. The molecule has 0 radical (unpaired) electrons. The number of aliphatic carboxylic acids is 5.